The lowest BCUT2D eigenvalue weighted by Crippen LogP contribution is -2.37. The summed E-state index contributed by atoms with van der Waals surface area (Å²) in [6.07, 6.45) is 1.86. The summed E-state index contributed by atoms with van der Waals surface area (Å²) >= 11 is 0. The molecule has 0 aliphatic carbocycles. The van der Waals surface area contributed by atoms with Gasteiger partial charge in [0.1, 0.15) is 0 Å². The number of hydroxylamine groups is 1. The normalized spacial score (nSPS) is 24.2. The highest BCUT2D eigenvalue weighted by Gasteiger charge is 2.17. The van der Waals surface area contributed by atoms with Gasteiger partial charge in [-0.1, -0.05) is 11.6 Å². The highest BCUT2D eigenvalue weighted by Crippen LogP contribution is 2.06. The van der Waals surface area contributed by atoms with E-state index >= 15 is 0 Å². The van der Waals surface area contributed by atoms with Crippen molar-refractivity contribution in [1.29, 1.82) is 0 Å². The van der Waals surface area contributed by atoms with Crippen LogP contribution < -0.4 is 10.8 Å². The van der Waals surface area contributed by atoms with E-state index in [1.54, 1.807) is 5.48 Å². The number of carbonyl (C=O) groups is 1. The molecule has 0 saturated heterocycles. The molecule has 4 heteroatoms. The lowest BCUT2D eigenvalue weighted by molar-refractivity contribution is -0.131. The number of hydrogen-bond donors (Lipinski definition) is 3. The van der Waals surface area contributed by atoms with Crippen LogP contribution in [0.15, 0.2) is 11.6 Å². The summed E-state index contributed by atoms with van der Waals surface area (Å²) < 4.78 is 0. The second kappa shape index (κ2) is 3.50. The SMILES string of the molecule is CC1=CC(C(=O)NO)CNC1. The third-order valence-corrected chi connectivity index (χ3v) is 1.70. The fourth-order valence-corrected chi connectivity index (χ4v) is 1.14. The molecular weight excluding hydrogens is 144 g/mol. The van der Waals surface area contributed by atoms with Gasteiger partial charge in [0, 0.05) is 13.1 Å². The first-order valence-electron chi connectivity index (χ1n) is 3.56. The molecule has 0 radical (unpaired) electrons. The van der Waals surface area contributed by atoms with Crippen LogP contribution in [0.4, 0.5) is 0 Å². The van der Waals surface area contributed by atoms with Crippen LogP contribution in [0.5, 0.6) is 0 Å². The third-order valence-electron chi connectivity index (χ3n) is 1.70. The molecule has 62 valence electrons. The Morgan fingerprint density at radius 3 is 3.18 bits per heavy atom. The molecule has 0 aromatic rings. The lowest BCUT2D eigenvalue weighted by Gasteiger charge is -2.18. The van der Waals surface area contributed by atoms with E-state index in [0.29, 0.717) is 6.54 Å². The largest absolute Gasteiger partial charge is 0.312 e. The van der Waals surface area contributed by atoms with Crippen LogP contribution >= 0.6 is 0 Å². The van der Waals surface area contributed by atoms with Gasteiger partial charge in [-0.15, -0.1) is 0 Å². The molecule has 0 saturated carbocycles. The molecule has 11 heavy (non-hydrogen) atoms. The Kier molecular flexibility index (Phi) is 2.62. The van der Waals surface area contributed by atoms with Crippen molar-refractivity contribution >= 4 is 5.91 Å². The predicted octanol–water partition coefficient (Wildman–Crippen LogP) is -0.343. The van der Waals surface area contributed by atoms with E-state index in [4.69, 9.17) is 5.21 Å². The Balaban J connectivity index is 2.59. The molecule has 1 heterocycles. The topological polar surface area (TPSA) is 61.4 Å². The smallest absolute Gasteiger partial charge is 0.251 e. The third kappa shape index (κ3) is 2.03. The summed E-state index contributed by atoms with van der Waals surface area (Å²) in [5.41, 5.74) is 2.76. The zero-order valence-corrected chi connectivity index (χ0v) is 6.42. The maximum atomic E-state index is 10.9. The van der Waals surface area contributed by atoms with Crippen LogP contribution in [0.1, 0.15) is 6.92 Å². The van der Waals surface area contributed by atoms with Crippen molar-refractivity contribution in [1.82, 2.24) is 10.8 Å². The molecule has 4 nitrogen and oxygen atoms in total. The molecule has 3 N–H and O–H groups in total. The molecular formula is C7H12N2O2. The first kappa shape index (κ1) is 8.23. The van der Waals surface area contributed by atoms with E-state index in [1.165, 1.54) is 0 Å². The van der Waals surface area contributed by atoms with Crippen LogP contribution in [0.3, 0.4) is 0 Å². The van der Waals surface area contributed by atoms with Crippen LogP contribution in [-0.4, -0.2) is 24.2 Å². The fraction of sp³-hybridized carbons (Fsp3) is 0.571. The summed E-state index contributed by atoms with van der Waals surface area (Å²) in [6, 6.07) is 0. The van der Waals surface area contributed by atoms with Crippen LogP contribution in [0.25, 0.3) is 0 Å². The molecule has 1 amide bonds. The Labute approximate surface area is 65.2 Å². The lowest BCUT2D eigenvalue weighted by atomic mass is 10.0. The molecule has 1 atom stereocenters. The van der Waals surface area contributed by atoms with E-state index in [-0.39, 0.29) is 11.8 Å². The second-order valence-corrected chi connectivity index (χ2v) is 2.73. The summed E-state index contributed by atoms with van der Waals surface area (Å²) in [5, 5.41) is 11.4. The van der Waals surface area contributed by atoms with Crippen LogP contribution in [0.2, 0.25) is 0 Å². The first-order chi connectivity index (χ1) is 5.24. The number of rotatable bonds is 1. The Morgan fingerprint density at radius 1 is 1.91 bits per heavy atom. The first-order valence-corrected chi connectivity index (χ1v) is 3.56. The summed E-state index contributed by atoms with van der Waals surface area (Å²) in [6.45, 7) is 3.38. The molecule has 1 unspecified atom stereocenters. The molecule has 1 aliphatic heterocycles. The van der Waals surface area contributed by atoms with Gasteiger partial charge < -0.3 is 5.32 Å². The minimum absolute atomic E-state index is 0.228. The fourth-order valence-electron chi connectivity index (χ4n) is 1.14. The average Bonchev–Trinajstić information content (AvgIpc) is 2.03. The molecule has 0 aromatic heterocycles. The number of nitrogens with one attached hydrogen (secondary N) is 2. The van der Waals surface area contributed by atoms with E-state index in [9.17, 15) is 4.79 Å². The minimum atomic E-state index is -0.350. The molecule has 1 aliphatic rings. The zero-order valence-electron chi connectivity index (χ0n) is 6.42. The van der Waals surface area contributed by atoms with Gasteiger partial charge in [-0.2, -0.15) is 0 Å². The van der Waals surface area contributed by atoms with Crippen molar-refractivity contribution in [2.75, 3.05) is 13.1 Å². The second-order valence-electron chi connectivity index (χ2n) is 2.73. The van der Waals surface area contributed by atoms with Crippen LogP contribution in [-0.2, 0) is 4.79 Å². The van der Waals surface area contributed by atoms with Crippen molar-refractivity contribution in [3.05, 3.63) is 11.6 Å². The number of carbonyl (C=O) groups excluding carboxylic acids is 1. The molecule has 0 aromatic carbocycles. The highest BCUT2D eigenvalue weighted by atomic mass is 16.5. The van der Waals surface area contributed by atoms with E-state index < -0.39 is 0 Å². The van der Waals surface area contributed by atoms with E-state index in [2.05, 4.69) is 5.32 Å². The molecule has 0 spiro atoms. The summed E-state index contributed by atoms with van der Waals surface area (Å²) in [7, 11) is 0. The summed E-state index contributed by atoms with van der Waals surface area (Å²) in [4.78, 5) is 10.9. The van der Waals surface area contributed by atoms with Gasteiger partial charge in [-0.05, 0) is 6.92 Å². The number of hydrogen-bond acceptors (Lipinski definition) is 3. The Bertz CT molecular complexity index is 189. The Hall–Kier alpha value is -0.870. The van der Waals surface area contributed by atoms with Crippen molar-refractivity contribution < 1.29 is 10.0 Å². The van der Waals surface area contributed by atoms with Crippen molar-refractivity contribution in [2.45, 2.75) is 6.92 Å². The molecule has 0 bridgehead atoms. The molecule has 1 rings (SSSR count). The van der Waals surface area contributed by atoms with Crippen molar-refractivity contribution in [2.24, 2.45) is 5.92 Å². The van der Waals surface area contributed by atoms with Crippen LogP contribution in [0, 0.1) is 5.92 Å². The van der Waals surface area contributed by atoms with Gasteiger partial charge in [-0.25, -0.2) is 5.48 Å². The van der Waals surface area contributed by atoms with Crippen molar-refractivity contribution in [3.63, 3.8) is 0 Å². The maximum Gasteiger partial charge on any atom is 0.251 e. The Morgan fingerprint density at radius 2 is 2.64 bits per heavy atom. The van der Waals surface area contributed by atoms with Gasteiger partial charge in [0.15, 0.2) is 0 Å². The number of amides is 1. The van der Waals surface area contributed by atoms with Gasteiger partial charge in [0.25, 0.3) is 5.91 Å². The molecule has 0 fully saturated rings. The van der Waals surface area contributed by atoms with Crippen molar-refractivity contribution in [3.8, 4) is 0 Å². The highest BCUT2D eigenvalue weighted by molar-refractivity contribution is 5.79. The maximum absolute atomic E-state index is 10.9. The zero-order chi connectivity index (χ0) is 8.27. The average molecular weight is 156 g/mol. The van der Waals surface area contributed by atoms with E-state index in [0.717, 1.165) is 12.1 Å². The standard InChI is InChI=1S/C7H12N2O2/c1-5-2-6(4-8-3-5)7(10)9-11/h2,6,8,11H,3-4H2,1H3,(H,9,10). The van der Waals surface area contributed by atoms with Gasteiger partial charge in [0.2, 0.25) is 0 Å². The van der Waals surface area contributed by atoms with Gasteiger partial charge in [-0.3, -0.25) is 10.0 Å². The van der Waals surface area contributed by atoms with Gasteiger partial charge >= 0.3 is 0 Å². The monoisotopic (exact) mass is 156 g/mol. The minimum Gasteiger partial charge on any atom is -0.312 e. The quantitative estimate of drug-likeness (QED) is 0.276. The van der Waals surface area contributed by atoms with Gasteiger partial charge in [0.05, 0.1) is 5.92 Å². The predicted molar refractivity (Wildman–Crippen MR) is 40.0 cm³/mol. The summed E-state index contributed by atoms with van der Waals surface area (Å²) in [5.74, 6) is -0.578. The van der Waals surface area contributed by atoms with E-state index in [1.807, 2.05) is 13.0 Å².